The van der Waals surface area contributed by atoms with E-state index in [1.54, 1.807) is 21.3 Å². The molecule has 3 aromatic rings. The van der Waals surface area contributed by atoms with Gasteiger partial charge in [0.05, 0.1) is 32.8 Å². The number of carbonyl (C=O) groups excluding carboxylic acids is 1. The monoisotopic (exact) mass is 493 g/mol. The van der Waals surface area contributed by atoms with Crippen LogP contribution in [0.4, 0.5) is 0 Å². The lowest BCUT2D eigenvalue weighted by molar-refractivity contribution is -0.124. The highest BCUT2D eigenvalue weighted by Crippen LogP contribution is 2.50. The van der Waals surface area contributed by atoms with E-state index in [1.807, 2.05) is 60.7 Å². The van der Waals surface area contributed by atoms with Gasteiger partial charge in [-0.25, -0.2) is 0 Å². The average molecular weight is 494 g/mol. The summed E-state index contributed by atoms with van der Waals surface area (Å²) in [4.78, 5) is 13.6. The molecular formula is C28H28ClNO5. The number of amides is 1. The highest BCUT2D eigenvalue weighted by molar-refractivity contribution is 6.30. The number of fused-ring (bicyclic) bond motifs is 1. The predicted molar refractivity (Wildman–Crippen MR) is 134 cm³/mol. The van der Waals surface area contributed by atoms with Crippen molar-refractivity contribution < 1.29 is 23.7 Å². The van der Waals surface area contributed by atoms with E-state index >= 15 is 0 Å². The zero-order valence-corrected chi connectivity index (χ0v) is 20.7. The molecule has 1 N–H and O–H groups in total. The number of carbonyl (C=O) groups is 1. The van der Waals surface area contributed by atoms with Crippen LogP contribution in [0.5, 0.6) is 23.0 Å². The van der Waals surface area contributed by atoms with Gasteiger partial charge in [-0.1, -0.05) is 29.8 Å². The van der Waals surface area contributed by atoms with Crippen LogP contribution in [0.1, 0.15) is 48.1 Å². The molecule has 1 unspecified atom stereocenters. The summed E-state index contributed by atoms with van der Waals surface area (Å²) < 4.78 is 22.7. The molecule has 1 fully saturated rings. The predicted octanol–water partition coefficient (Wildman–Crippen LogP) is 5.78. The van der Waals surface area contributed by atoms with Crippen molar-refractivity contribution in [3.63, 3.8) is 0 Å². The molecule has 182 valence electrons. The molecule has 0 saturated heterocycles. The molecule has 0 spiro atoms. The number of methoxy groups -OCH3 is 3. The Balaban J connectivity index is 1.46. The molecule has 7 heteroatoms. The standard InChI is InChI=1S/C28H28ClNO5/c1-32-20-9-10-21-22(30-27(31)28(12-13-28)18-5-7-19(29)8-6-18)16-24(35-25(21)15-20)17-4-11-23(33-2)26(14-17)34-3/h4-11,14-15,22,24H,12-13,16H2,1-3H3,(H,30,31)/t22?,24-/m0/s1. The van der Waals surface area contributed by atoms with Gasteiger partial charge in [0.1, 0.15) is 17.6 Å². The van der Waals surface area contributed by atoms with Gasteiger partial charge in [0.2, 0.25) is 5.91 Å². The fourth-order valence-corrected chi connectivity index (χ4v) is 4.93. The topological polar surface area (TPSA) is 66.0 Å². The quantitative estimate of drug-likeness (QED) is 0.452. The second-order valence-electron chi connectivity index (χ2n) is 8.98. The van der Waals surface area contributed by atoms with E-state index in [2.05, 4.69) is 5.32 Å². The van der Waals surface area contributed by atoms with Gasteiger partial charge in [0.25, 0.3) is 0 Å². The Morgan fingerprint density at radius 3 is 2.34 bits per heavy atom. The van der Waals surface area contributed by atoms with Crippen molar-refractivity contribution in [3.8, 4) is 23.0 Å². The largest absolute Gasteiger partial charge is 0.497 e. The number of ether oxygens (including phenoxy) is 4. The van der Waals surface area contributed by atoms with Crippen LogP contribution in [-0.4, -0.2) is 27.2 Å². The first-order valence-corrected chi connectivity index (χ1v) is 12.0. The average Bonchev–Trinajstić information content (AvgIpc) is 3.70. The Morgan fingerprint density at radius 2 is 1.69 bits per heavy atom. The number of nitrogens with one attached hydrogen (secondary N) is 1. The summed E-state index contributed by atoms with van der Waals surface area (Å²) in [5.41, 5.74) is 2.36. The Kier molecular flexibility index (Phi) is 6.24. The van der Waals surface area contributed by atoms with Crippen LogP contribution >= 0.6 is 11.6 Å². The molecule has 1 amide bonds. The normalized spacial score (nSPS) is 19.7. The molecule has 0 radical (unpaired) electrons. The van der Waals surface area contributed by atoms with E-state index < -0.39 is 5.41 Å². The smallest absolute Gasteiger partial charge is 0.231 e. The molecule has 2 atom stereocenters. The lowest BCUT2D eigenvalue weighted by Crippen LogP contribution is -2.39. The first kappa shape index (κ1) is 23.4. The van der Waals surface area contributed by atoms with Crippen LogP contribution in [0.2, 0.25) is 5.02 Å². The van der Waals surface area contributed by atoms with Crippen molar-refractivity contribution in [2.45, 2.75) is 36.8 Å². The minimum absolute atomic E-state index is 0.0274. The second-order valence-corrected chi connectivity index (χ2v) is 9.41. The van der Waals surface area contributed by atoms with Crippen LogP contribution < -0.4 is 24.3 Å². The first-order chi connectivity index (χ1) is 17.0. The van der Waals surface area contributed by atoms with Crippen LogP contribution in [0.15, 0.2) is 60.7 Å². The molecule has 0 aromatic heterocycles. The third-order valence-corrected chi connectivity index (χ3v) is 7.23. The molecule has 1 heterocycles. The van der Waals surface area contributed by atoms with Gasteiger partial charge >= 0.3 is 0 Å². The summed E-state index contributed by atoms with van der Waals surface area (Å²) in [5, 5.41) is 3.99. The fourth-order valence-electron chi connectivity index (χ4n) is 4.81. The molecule has 5 rings (SSSR count). The maximum atomic E-state index is 13.6. The third-order valence-electron chi connectivity index (χ3n) is 6.98. The van der Waals surface area contributed by atoms with Gasteiger partial charge in [0.15, 0.2) is 11.5 Å². The van der Waals surface area contributed by atoms with E-state index in [9.17, 15) is 4.79 Å². The molecule has 1 aliphatic heterocycles. The van der Waals surface area contributed by atoms with E-state index in [1.165, 1.54) is 0 Å². The lowest BCUT2D eigenvalue weighted by Gasteiger charge is -2.34. The minimum Gasteiger partial charge on any atom is -0.497 e. The van der Waals surface area contributed by atoms with E-state index in [0.29, 0.717) is 34.4 Å². The second kappa shape index (κ2) is 9.34. The van der Waals surface area contributed by atoms with Crippen LogP contribution in [0.25, 0.3) is 0 Å². The summed E-state index contributed by atoms with van der Waals surface area (Å²) in [7, 11) is 4.84. The molecule has 6 nitrogen and oxygen atoms in total. The SMILES string of the molecule is COc1ccc2c(c1)O[C@H](c1ccc(OC)c(OC)c1)CC2NC(=O)C1(c2ccc(Cl)cc2)CC1. The zero-order chi connectivity index (χ0) is 24.6. The molecule has 1 aliphatic carbocycles. The molecule has 35 heavy (non-hydrogen) atoms. The summed E-state index contributed by atoms with van der Waals surface area (Å²) in [5.74, 6) is 2.70. The molecular weight excluding hydrogens is 466 g/mol. The number of benzene rings is 3. The van der Waals surface area contributed by atoms with Crippen molar-refractivity contribution in [2.75, 3.05) is 21.3 Å². The van der Waals surface area contributed by atoms with Crippen LogP contribution in [0.3, 0.4) is 0 Å². The van der Waals surface area contributed by atoms with Gasteiger partial charge in [-0.2, -0.15) is 0 Å². The van der Waals surface area contributed by atoms with Crippen LogP contribution in [-0.2, 0) is 10.2 Å². The Morgan fingerprint density at radius 1 is 0.943 bits per heavy atom. The van der Waals surface area contributed by atoms with Crippen molar-refractivity contribution >= 4 is 17.5 Å². The van der Waals surface area contributed by atoms with Crippen molar-refractivity contribution in [1.82, 2.24) is 5.32 Å². The van der Waals surface area contributed by atoms with Gasteiger partial charge in [-0.15, -0.1) is 0 Å². The highest BCUT2D eigenvalue weighted by Gasteiger charge is 2.52. The highest BCUT2D eigenvalue weighted by atomic mass is 35.5. The van der Waals surface area contributed by atoms with E-state index in [0.717, 1.165) is 29.5 Å². The Hall–Kier alpha value is -3.38. The number of hydrogen-bond donors (Lipinski definition) is 1. The van der Waals surface area contributed by atoms with Crippen molar-refractivity contribution in [1.29, 1.82) is 0 Å². The van der Waals surface area contributed by atoms with Crippen molar-refractivity contribution in [2.24, 2.45) is 0 Å². The summed E-state index contributed by atoms with van der Waals surface area (Å²) in [6.45, 7) is 0. The minimum atomic E-state index is -0.506. The Labute approximate surface area is 210 Å². The van der Waals surface area contributed by atoms with Crippen LogP contribution in [0, 0.1) is 0 Å². The van der Waals surface area contributed by atoms with Gasteiger partial charge in [-0.3, -0.25) is 4.79 Å². The summed E-state index contributed by atoms with van der Waals surface area (Å²) >= 11 is 6.07. The van der Waals surface area contributed by atoms with Gasteiger partial charge < -0.3 is 24.3 Å². The van der Waals surface area contributed by atoms with Gasteiger partial charge in [-0.05, 0) is 60.4 Å². The summed E-state index contributed by atoms with van der Waals surface area (Å²) in [6.07, 6.45) is 1.93. The molecule has 0 bridgehead atoms. The van der Waals surface area contributed by atoms with Crippen molar-refractivity contribution in [3.05, 3.63) is 82.4 Å². The fraction of sp³-hybridized carbons (Fsp3) is 0.321. The van der Waals surface area contributed by atoms with E-state index in [4.69, 9.17) is 30.5 Å². The number of hydrogen-bond acceptors (Lipinski definition) is 5. The number of rotatable bonds is 7. The zero-order valence-electron chi connectivity index (χ0n) is 20.0. The number of halogens is 1. The van der Waals surface area contributed by atoms with E-state index in [-0.39, 0.29) is 18.1 Å². The molecule has 3 aromatic carbocycles. The Bertz CT molecular complexity index is 1240. The third kappa shape index (κ3) is 4.39. The maximum Gasteiger partial charge on any atom is 0.231 e. The maximum absolute atomic E-state index is 13.6. The lowest BCUT2D eigenvalue weighted by atomic mass is 9.90. The summed E-state index contributed by atoms with van der Waals surface area (Å²) in [6, 6.07) is 18.8. The van der Waals surface area contributed by atoms with Gasteiger partial charge in [0, 0.05) is 23.1 Å². The molecule has 2 aliphatic rings. The first-order valence-electron chi connectivity index (χ1n) is 11.6. The molecule has 1 saturated carbocycles.